The molecule has 0 bridgehead atoms. The van der Waals surface area contributed by atoms with Gasteiger partial charge in [0.2, 0.25) is 0 Å². The molecule has 0 aliphatic carbocycles. The van der Waals surface area contributed by atoms with E-state index in [4.69, 9.17) is 5.11 Å². The number of alkyl halides is 3. The van der Waals surface area contributed by atoms with Crippen LogP contribution in [0.15, 0.2) is 53.4 Å². The van der Waals surface area contributed by atoms with Gasteiger partial charge in [-0.2, -0.15) is 0 Å². The lowest BCUT2D eigenvalue weighted by molar-refractivity contribution is -0.274. The number of hydrogen-bond acceptors (Lipinski definition) is 4. The topological polar surface area (TPSA) is 92.7 Å². The van der Waals surface area contributed by atoms with Crippen molar-refractivity contribution >= 4 is 21.7 Å². The Labute approximate surface area is 134 Å². The second-order valence-corrected chi connectivity index (χ2v) is 6.19. The second-order valence-electron chi connectivity index (χ2n) is 4.51. The van der Waals surface area contributed by atoms with Gasteiger partial charge < -0.3 is 9.84 Å². The Bertz CT molecular complexity index is 847. The van der Waals surface area contributed by atoms with Crippen LogP contribution >= 0.6 is 0 Å². The Morgan fingerprint density at radius 3 is 2.25 bits per heavy atom. The highest BCUT2D eigenvalue weighted by Gasteiger charge is 2.31. The molecule has 0 atom stereocenters. The van der Waals surface area contributed by atoms with Gasteiger partial charge in [-0.15, -0.1) is 13.2 Å². The number of carboxylic acids is 1. The molecule has 0 amide bonds. The van der Waals surface area contributed by atoms with Crippen LogP contribution in [0.5, 0.6) is 5.75 Å². The fourth-order valence-corrected chi connectivity index (χ4v) is 2.80. The van der Waals surface area contributed by atoms with Crippen LogP contribution in [-0.4, -0.2) is 25.9 Å². The first-order valence-corrected chi connectivity index (χ1v) is 7.77. The third-order valence-electron chi connectivity index (χ3n) is 2.73. The molecule has 0 spiro atoms. The van der Waals surface area contributed by atoms with Gasteiger partial charge in [0.05, 0.1) is 10.5 Å². The van der Waals surface area contributed by atoms with Crippen molar-refractivity contribution in [2.75, 3.05) is 4.72 Å². The van der Waals surface area contributed by atoms with Gasteiger partial charge in [-0.3, -0.25) is 4.72 Å². The molecule has 6 nitrogen and oxygen atoms in total. The number of benzene rings is 2. The normalized spacial score (nSPS) is 11.8. The number of nitrogens with one attached hydrogen (secondary N) is 1. The molecule has 0 aromatic heterocycles. The monoisotopic (exact) mass is 361 g/mol. The number of hydrogen-bond donors (Lipinski definition) is 2. The highest BCUT2D eigenvalue weighted by atomic mass is 32.2. The van der Waals surface area contributed by atoms with E-state index in [0.29, 0.717) is 0 Å². The highest BCUT2D eigenvalue weighted by molar-refractivity contribution is 7.92. The van der Waals surface area contributed by atoms with Gasteiger partial charge in [-0.1, -0.05) is 6.07 Å². The first-order chi connectivity index (χ1) is 11.1. The van der Waals surface area contributed by atoms with E-state index in [1.54, 1.807) is 0 Å². The minimum atomic E-state index is -4.88. The van der Waals surface area contributed by atoms with E-state index in [1.807, 2.05) is 0 Å². The summed E-state index contributed by atoms with van der Waals surface area (Å²) < 4.78 is 66.3. The predicted molar refractivity (Wildman–Crippen MR) is 77.3 cm³/mol. The van der Waals surface area contributed by atoms with E-state index in [2.05, 4.69) is 9.46 Å². The minimum Gasteiger partial charge on any atom is -0.478 e. The van der Waals surface area contributed by atoms with Crippen molar-refractivity contribution in [3.8, 4) is 5.75 Å². The molecule has 0 unspecified atom stereocenters. The Balaban J connectivity index is 2.21. The van der Waals surface area contributed by atoms with E-state index < -0.39 is 28.1 Å². The number of sulfonamides is 1. The molecule has 0 radical (unpaired) electrons. The molecular weight excluding hydrogens is 351 g/mol. The molecule has 24 heavy (non-hydrogen) atoms. The lowest BCUT2D eigenvalue weighted by atomic mass is 10.2. The van der Waals surface area contributed by atoms with Crippen LogP contribution in [0, 0.1) is 0 Å². The smallest absolute Gasteiger partial charge is 0.478 e. The fourth-order valence-electron chi connectivity index (χ4n) is 1.75. The van der Waals surface area contributed by atoms with E-state index in [0.717, 1.165) is 30.3 Å². The van der Waals surface area contributed by atoms with E-state index in [-0.39, 0.29) is 16.1 Å². The first-order valence-electron chi connectivity index (χ1n) is 6.29. The summed E-state index contributed by atoms with van der Waals surface area (Å²) in [6.45, 7) is 0. The molecule has 0 saturated carbocycles. The van der Waals surface area contributed by atoms with Crippen molar-refractivity contribution in [3.05, 3.63) is 54.1 Å². The number of halogens is 3. The molecule has 128 valence electrons. The molecule has 0 aliphatic heterocycles. The third kappa shape index (κ3) is 4.62. The summed E-state index contributed by atoms with van der Waals surface area (Å²) in [5.74, 6) is -1.79. The fraction of sp³-hybridized carbons (Fsp3) is 0.0714. The van der Waals surface area contributed by atoms with E-state index in [9.17, 15) is 26.4 Å². The maximum atomic E-state index is 12.2. The predicted octanol–water partition coefficient (Wildman–Crippen LogP) is 3.08. The molecule has 2 rings (SSSR count). The highest BCUT2D eigenvalue weighted by Crippen LogP contribution is 2.24. The van der Waals surface area contributed by atoms with Gasteiger partial charge in [0, 0.05) is 5.69 Å². The van der Waals surface area contributed by atoms with Gasteiger partial charge in [-0.25, -0.2) is 13.2 Å². The van der Waals surface area contributed by atoms with Gasteiger partial charge in [0.15, 0.2) is 0 Å². The lowest BCUT2D eigenvalue weighted by Gasteiger charge is -2.11. The van der Waals surface area contributed by atoms with Crippen LogP contribution < -0.4 is 9.46 Å². The zero-order valence-electron chi connectivity index (χ0n) is 11.7. The maximum Gasteiger partial charge on any atom is 0.573 e. The van der Waals surface area contributed by atoms with Crippen molar-refractivity contribution in [1.82, 2.24) is 0 Å². The largest absolute Gasteiger partial charge is 0.573 e. The van der Waals surface area contributed by atoms with Gasteiger partial charge in [0.25, 0.3) is 10.0 Å². The van der Waals surface area contributed by atoms with Crippen molar-refractivity contribution in [2.45, 2.75) is 11.3 Å². The molecule has 2 aromatic rings. The number of anilines is 1. The summed E-state index contributed by atoms with van der Waals surface area (Å²) in [7, 11) is -4.10. The number of carboxylic acid groups (broad SMARTS) is 1. The first kappa shape index (κ1) is 17.6. The zero-order valence-corrected chi connectivity index (χ0v) is 12.6. The Kier molecular flexibility index (Phi) is 4.69. The zero-order chi connectivity index (χ0) is 18.0. The van der Waals surface area contributed by atoms with Gasteiger partial charge in [-0.05, 0) is 42.5 Å². The third-order valence-corrected chi connectivity index (χ3v) is 4.13. The molecule has 0 fully saturated rings. The minimum absolute atomic E-state index is 0.00511. The van der Waals surface area contributed by atoms with Gasteiger partial charge >= 0.3 is 12.3 Å². The second kappa shape index (κ2) is 6.40. The average Bonchev–Trinajstić information content (AvgIpc) is 2.46. The molecule has 0 saturated heterocycles. The molecule has 0 aliphatic rings. The van der Waals surface area contributed by atoms with Crippen molar-refractivity contribution < 1.29 is 36.2 Å². The van der Waals surface area contributed by atoms with Crippen molar-refractivity contribution in [2.24, 2.45) is 0 Å². The standard InChI is InChI=1S/C14H10F3NO5S/c15-14(16,17)23-11-4-6-12(7-5-11)24(21,22)18-10-3-1-2-9(8-10)13(19)20/h1-8,18H,(H,19,20). The Morgan fingerprint density at radius 2 is 1.71 bits per heavy atom. The maximum absolute atomic E-state index is 12.2. The summed E-state index contributed by atoms with van der Waals surface area (Å²) >= 11 is 0. The summed E-state index contributed by atoms with van der Waals surface area (Å²) in [5.41, 5.74) is -0.116. The summed E-state index contributed by atoms with van der Waals surface area (Å²) in [4.78, 5) is 10.5. The summed E-state index contributed by atoms with van der Waals surface area (Å²) in [6.07, 6.45) is -4.88. The van der Waals surface area contributed by atoms with Crippen LogP contribution in [0.3, 0.4) is 0 Å². The van der Waals surface area contributed by atoms with E-state index >= 15 is 0 Å². The Hall–Kier alpha value is -2.75. The average molecular weight is 361 g/mol. The molecule has 10 heteroatoms. The van der Waals surface area contributed by atoms with Crippen LogP contribution in [0.25, 0.3) is 0 Å². The summed E-state index contributed by atoms with van der Waals surface area (Å²) in [6, 6.07) is 8.66. The van der Waals surface area contributed by atoms with Crippen LogP contribution in [-0.2, 0) is 10.0 Å². The van der Waals surface area contributed by atoms with Crippen molar-refractivity contribution in [1.29, 1.82) is 0 Å². The van der Waals surface area contributed by atoms with Crippen LogP contribution in [0.2, 0.25) is 0 Å². The van der Waals surface area contributed by atoms with Crippen LogP contribution in [0.1, 0.15) is 10.4 Å². The molecular formula is C14H10F3NO5S. The quantitative estimate of drug-likeness (QED) is 0.854. The van der Waals surface area contributed by atoms with E-state index in [1.165, 1.54) is 18.2 Å². The lowest BCUT2D eigenvalue weighted by Crippen LogP contribution is -2.17. The SMILES string of the molecule is O=C(O)c1cccc(NS(=O)(=O)c2ccc(OC(F)(F)F)cc2)c1. The van der Waals surface area contributed by atoms with Crippen LogP contribution in [0.4, 0.5) is 18.9 Å². The van der Waals surface area contributed by atoms with Crippen molar-refractivity contribution in [3.63, 3.8) is 0 Å². The van der Waals surface area contributed by atoms with Gasteiger partial charge in [0.1, 0.15) is 5.75 Å². The number of rotatable bonds is 5. The molecule has 2 aromatic carbocycles. The molecule has 0 heterocycles. The number of ether oxygens (including phenoxy) is 1. The molecule has 2 N–H and O–H groups in total. The number of carbonyl (C=O) groups is 1. The summed E-state index contributed by atoms with van der Waals surface area (Å²) in [5, 5.41) is 8.87. The Morgan fingerprint density at radius 1 is 1.08 bits per heavy atom. The number of aromatic carboxylic acids is 1.